The SMILES string of the molecule is CCCCCCOc1ccc(C(C2C(=O)N(c3ccccc3)N=C2CC)C2C(=O)N(c3ccccc3)N=C2CC)cc1. The highest BCUT2D eigenvalue weighted by atomic mass is 16.5. The van der Waals surface area contributed by atoms with E-state index in [1.54, 1.807) is 0 Å². The predicted molar refractivity (Wildman–Crippen MR) is 169 cm³/mol. The fourth-order valence-corrected chi connectivity index (χ4v) is 5.92. The number of rotatable bonds is 13. The lowest BCUT2D eigenvalue weighted by molar-refractivity contribution is -0.122. The van der Waals surface area contributed by atoms with Crippen LogP contribution in [0.25, 0.3) is 0 Å². The highest BCUT2D eigenvalue weighted by Crippen LogP contribution is 2.44. The number of unbranched alkanes of at least 4 members (excludes halogenated alkanes) is 3. The van der Waals surface area contributed by atoms with Gasteiger partial charge in [-0.2, -0.15) is 10.2 Å². The van der Waals surface area contributed by atoms with Gasteiger partial charge in [-0.25, -0.2) is 10.0 Å². The van der Waals surface area contributed by atoms with E-state index >= 15 is 0 Å². The molecule has 2 unspecified atom stereocenters. The van der Waals surface area contributed by atoms with Crippen LogP contribution in [0, 0.1) is 11.8 Å². The monoisotopic (exact) mass is 564 g/mol. The smallest absolute Gasteiger partial charge is 0.256 e. The zero-order valence-electron chi connectivity index (χ0n) is 24.8. The van der Waals surface area contributed by atoms with E-state index in [4.69, 9.17) is 14.9 Å². The second kappa shape index (κ2) is 13.6. The summed E-state index contributed by atoms with van der Waals surface area (Å²) in [5.74, 6) is -1.13. The highest BCUT2D eigenvalue weighted by Gasteiger charge is 2.51. The average molecular weight is 565 g/mol. The van der Waals surface area contributed by atoms with Gasteiger partial charge in [0, 0.05) is 5.92 Å². The van der Waals surface area contributed by atoms with Gasteiger partial charge < -0.3 is 4.74 Å². The summed E-state index contributed by atoms with van der Waals surface area (Å²) in [7, 11) is 0. The van der Waals surface area contributed by atoms with E-state index in [9.17, 15) is 9.59 Å². The first-order chi connectivity index (χ1) is 20.6. The van der Waals surface area contributed by atoms with Crippen molar-refractivity contribution in [3.05, 3.63) is 90.5 Å². The van der Waals surface area contributed by atoms with Crippen LogP contribution < -0.4 is 14.8 Å². The largest absolute Gasteiger partial charge is 0.494 e. The molecule has 0 bridgehead atoms. The molecule has 2 amide bonds. The normalized spacial score (nSPS) is 19.2. The van der Waals surface area contributed by atoms with Crippen molar-refractivity contribution in [3.8, 4) is 5.75 Å². The third-order valence-electron chi connectivity index (χ3n) is 8.10. The third-order valence-corrected chi connectivity index (χ3v) is 8.10. The van der Waals surface area contributed by atoms with Gasteiger partial charge in [-0.3, -0.25) is 9.59 Å². The summed E-state index contributed by atoms with van der Waals surface area (Å²) in [4.78, 5) is 28.4. The Hall–Kier alpha value is -4.26. The molecular formula is C35H40N4O3. The fraction of sp³-hybridized carbons (Fsp3) is 0.371. The Labute approximate surface area is 248 Å². The molecule has 0 fully saturated rings. The van der Waals surface area contributed by atoms with Crippen LogP contribution in [0.1, 0.15) is 70.8 Å². The number of carbonyl (C=O) groups excluding carboxylic acids is 2. The molecule has 2 atom stereocenters. The summed E-state index contributed by atoms with van der Waals surface area (Å²) in [5, 5.41) is 12.6. The summed E-state index contributed by atoms with van der Waals surface area (Å²) >= 11 is 0. The van der Waals surface area contributed by atoms with Crippen LogP contribution in [0.3, 0.4) is 0 Å². The number of para-hydroxylation sites is 2. The van der Waals surface area contributed by atoms with Crippen molar-refractivity contribution in [1.29, 1.82) is 0 Å². The van der Waals surface area contributed by atoms with E-state index < -0.39 is 17.8 Å². The third kappa shape index (κ3) is 6.01. The molecule has 0 aromatic heterocycles. The molecule has 7 nitrogen and oxygen atoms in total. The molecule has 2 heterocycles. The quantitative estimate of drug-likeness (QED) is 0.201. The minimum absolute atomic E-state index is 0.124. The zero-order chi connectivity index (χ0) is 29.5. The van der Waals surface area contributed by atoms with E-state index in [1.165, 1.54) is 22.9 Å². The van der Waals surface area contributed by atoms with Crippen LogP contribution in [0.15, 0.2) is 95.1 Å². The van der Waals surface area contributed by atoms with Crippen LogP contribution in [0.5, 0.6) is 5.75 Å². The topological polar surface area (TPSA) is 74.6 Å². The molecule has 42 heavy (non-hydrogen) atoms. The molecule has 2 aliphatic rings. The molecule has 0 saturated heterocycles. The van der Waals surface area contributed by atoms with E-state index in [-0.39, 0.29) is 11.8 Å². The molecule has 5 rings (SSSR count). The molecule has 0 spiro atoms. The summed E-state index contributed by atoms with van der Waals surface area (Å²) < 4.78 is 6.02. The molecule has 7 heteroatoms. The average Bonchev–Trinajstić information content (AvgIpc) is 3.55. The molecular weight excluding hydrogens is 524 g/mol. The predicted octanol–water partition coefficient (Wildman–Crippen LogP) is 7.59. The Morgan fingerprint density at radius 1 is 0.667 bits per heavy atom. The van der Waals surface area contributed by atoms with E-state index in [2.05, 4.69) is 6.92 Å². The van der Waals surface area contributed by atoms with Gasteiger partial charge in [-0.1, -0.05) is 88.6 Å². The van der Waals surface area contributed by atoms with Gasteiger partial charge in [0.05, 0.1) is 41.2 Å². The molecule has 218 valence electrons. The lowest BCUT2D eigenvalue weighted by Gasteiger charge is -2.29. The van der Waals surface area contributed by atoms with Crippen LogP contribution in [-0.2, 0) is 9.59 Å². The van der Waals surface area contributed by atoms with Crippen molar-refractivity contribution in [2.45, 2.75) is 65.2 Å². The molecule has 3 aromatic rings. The van der Waals surface area contributed by atoms with Gasteiger partial charge in [-0.15, -0.1) is 0 Å². The van der Waals surface area contributed by atoms with Crippen molar-refractivity contribution in [1.82, 2.24) is 0 Å². The molecule has 0 radical (unpaired) electrons. The van der Waals surface area contributed by atoms with Crippen LogP contribution in [-0.4, -0.2) is 29.8 Å². The van der Waals surface area contributed by atoms with E-state index in [0.29, 0.717) is 19.4 Å². The number of ether oxygens (including phenoxy) is 1. The Kier molecular flexibility index (Phi) is 9.47. The van der Waals surface area contributed by atoms with Gasteiger partial charge in [0.1, 0.15) is 5.75 Å². The standard InChI is InChI=1S/C35H40N4O3/c1-4-7-8-15-24-42-28-22-20-25(21-23-28)31(32-29(5-2)36-38(34(32)40)26-16-11-9-12-17-26)33-30(6-3)37-39(35(33)41)27-18-13-10-14-19-27/h9-14,16-23,31-33H,4-8,15,24H2,1-3H3. The second-order valence-corrected chi connectivity index (χ2v) is 10.8. The Morgan fingerprint density at radius 3 is 1.62 bits per heavy atom. The fourth-order valence-electron chi connectivity index (χ4n) is 5.92. The number of anilines is 2. The minimum atomic E-state index is -0.600. The molecule has 0 saturated carbocycles. The molecule has 3 aromatic carbocycles. The first-order valence-corrected chi connectivity index (χ1v) is 15.2. The van der Waals surface area contributed by atoms with E-state index in [0.717, 1.165) is 47.0 Å². The summed E-state index contributed by atoms with van der Waals surface area (Å²) in [6.45, 7) is 6.90. The number of benzene rings is 3. The van der Waals surface area contributed by atoms with Crippen LogP contribution >= 0.6 is 0 Å². The first-order valence-electron chi connectivity index (χ1n) is 15.2. The highest BCUT2D eigenvalue weighted by molar-refractivity contribution is 6.20. The molecule has 0 N–H and O–H groups in total. The lowest BCUT2D eigenvalue weighted by Crippen LogP contribution is -2.40. The van der Waals surface area contributed by atoms with Crippen molar-refractivity contribution in [2.24, 2.45) is 22.0 Å². The molecule has 2 aliphatic heterocycles. The van der Waals surface area contributed by atoms with Gasteiger partial charge in [0.15, 0.2) is 0 Å². The summed E-state index contributed by atoms with van der Waals surface area (Å²) in [6.07, 6.45) is 5.75. The number of amides is 2. The summed E-state index contributed by atoms with van der Waals surface area (Å²) in [6, 6.07) is 26.9. The Morgan fingerprint density at radius 2 is 1.17 bits per heavy atom. The second-order valence-electron chi connectivity index (χ2n) is 10.8. The number of hydrazone groups is 2. The van der Waals surface area contributed by atoms with Crippen molar-refractivity contribution < 1.29 is 14.3 Å². The minimum Gasteiger partial charge on any atom is -0.494 e. The van der Waals surface area contributed by atoms with Crippen LogP contribution in [0.4, 0.5) is 11.4 Å². The van der Waals surface area contributed by atoms with Gasteiger partial charge in [-0.05, 0) is 61.2 Å². The van der Waals surface area contributed by atoms with Crippen molar-refractivity contribution in [2.75, 3.05) is 16.6 Å². The zero-order valence-corrected chi connectivity index (χ0v) is 24.8. The van der Waals surface area contributed by atoms with Crippen molar-refractivity contribution in [3.63, 3.8) is 0 Å². The first kappa shape index (κ1) is 29.2. The van der Waals surface area contributed by atoms with Gasteiger partial charge >= 0.3 is 0 Å². The number of hydrogen-bond acceptors (Lipinski definition) is 5. The van der Waals surface area contributed by atoms with Crippen LogP contribution in [0.2, 0.25) is 0 Å². The van der Waals surface area contributed by atoms with Gasteiger partial charge in [0.2, 0.25) is 0 Å². The lowest BCUT2D eigenvalue weighted by atomic mass is 9.71. The van der Waals surface area contributed by atoms with E-state index in [1.807, 2.05) is 98.8 Å². The van der Waals surface area contributed by atoms with Crippen molar-refractivity contribution >= 4 is 34.6 Å². The Balaban J connectivity index is 1.52. The number of hydrogen-bond donors (Lipinski definition) is 0. The van der Waals surface area contributed by atoms with Gasteiger partial charge in [0.25, 0.3) is 11.8 Å². The maximum Gasteiger partial charge on any atom is 0.256 e. The maximum absolute atomic E-state index is 14.2. The maximum atomic E-state index is 14.2. The Bertz CT molecular complexity index is 1340. The number of nitrogens with zero attached hydrogens (tertiary/aromatic N) is 4. The molecule has 0 aliphatic carbocycles. The summed E-state index contributed by atoms with van der Waals surface area (Å²) in [5.41, 5.74) is 3.87. The number of carbonyl (C=O) groups is 2.